The molecule has 96 valence electrons. The average Bonchev–Trinajstić information content (AvgIpc) is 2.53. The maximum atomic E-state index is 11.7. The minimum Gasteiger partial charge on any atom is -0.463 e. The van der Waals surface area contributed by atoms with Crippen molar-refractivity contribution in [2.75, 3.05) is 6.61 Å². The second-order valence-corrected chi connectivity index (χ2v) is 5.16. The number of carbonyl (C=O) groups excluding carboxylic acids is 1. The summed E-state index contributed by atoms with van der Waals surface area (Å²) in [6.07, 6.45) is 2.47. The van der Waals surface area contributed by atoms with E-state index in [4.69, 9.17) is 14.2 Å². The van der Waals surface area contributed by atoms with Crippen LogP contribution in [0.1, 0.15) is 34.1 Å². The fourth-order valence-electron chi connectivity index (χ4n) is 2.49. The van der Waals surface area contributed by atoms with E-state index in [0.29, 0.717) is 18.6 Å². The number of hydrogen-bond acceptors (Lipinski definition) is 4. The lowest BCUT2D eigenvalue weighted by molar-refractivity contribution is -0.146. The van der Waals surface area contributed by atoms with Gasteiger partial charge in [0.25, 0.3) is 0 Å². The van der Waals surface area contributed by atoms with E-state index >= 15 is 0 Å². The fraction of sp³-hybridized carbons (Fsp3) is 0.769. The minimum absolute atomic E-state index is 0.0446. The quantitative estimate of drug-likeness (QED) is 0.693. The molecule has 1 aliphatic heterocycles. The SMILES string of the molecule is CCOC(=O)C1=CC2OC(C)(C)OC2[C@H](C)C1. The van der Waals surface area contributed by atoms with E-state index in [1.54, 1.807) is 0 Å². The van der Waals surface area contributed by atoms with Gasteiger partial charge in [-0.15, -0.1) is 0 Å². The van der Waals surface area contributed by atoms with Crippen molar-refractivity contribution in [1.29, 1.82) is 0 Å². The van der Waals surface area contributed by atoms with E-state index in [1.807, 2.05) is 26.8 Å². The highest BCUT2D eigenvalue weighted by Crippen LogP contribution is 2.38. The average molecular weight is 240 g/mol. The van der Waals surface area contributed by atoms with Crippen LogP contribution < -0.4 is 0 Å². The lowest BCUT2D eigenvalue weighted by Crippen LogP contribution is -2.34. The van der Waals surface area contributed by atoms with Crippen LogP contribution >= 0.6 is 0 Å². The molecule has 2 unspecified atom stereocenters. The Hall–Kier alpha value is -0.870. The van der Waals surface area contributed by atoms with Crippen LogP contribution in [-0.4, -0.2) is 30.6 Å². The molecule has 0 amide bonds. The van der Waals surface area contributed by atoms with E-state index in [0.717, 1.165) is 0 Å². The molecule has 0 bridgehead atoms. The summed E-state index contributed by atoms with van der Waals surface area (Å²) in [5.41, 5.74) is 0.710. The number of hydrogen-bond donors (Lipinski definition) is 0. The standard InChI is InChI=1S/C13H20O4/c1-5-15-12(14)9-6-8(2)11-10(7-9)16-13(3,4)17-11/h7-8,10-11H,5-6H2,1-4H3/t8-,10?,11?/m1/s1. The van der Waals surface area contributed by atoms with Gasteiger partial charge in [-0.2, -0.15) is 0 Å². The second-order valence-electron chi connectivity index (χ2n) is 5.16. The molecule has 0 spiro atoms. The van der Waals surface area contributed by atoms with E-state index in [-0.39, 0.29) is 24.1 Å². The highest BCUT2D eigenvalue weighted by atomic mass is 16.8. The highest BCUT2D eigenvalue weighted by Gasteiger charge is 2.45. The maximum absolute atomic E-state index is 11.7. The summed E-state index contributed by atoms with van der Waals surface area (Å²) < 4.78 is 16.6. The Morgan fingerprint density at radius 3 is 2.88 bits per heavy atom. The Kier molecular flexibility index (Phi) is 3.27. The van der Waals surface area contributed by atoms with Crippen LogP contribution in [0.3, 0.4) is 0 Å². The molecule has 0 N–H and O–H groups in total. The van der Waals surface area contributed by atoms with Crippen molar-refractivity contribution < 1.29 is 19.0 Å². The van der Waals surface area contributed by atoms with Gasteiger partial charge < -0.3 is 14.2 Å². The number of ether oxygens (including phenoxy) is 3. The first-order valence-corrected chi connectivity index (χ1v) is 6.16. The van der Waals surface area contributed by atoms with Crippen LogP contribution in [0.5, 0.6) is 0 Å². The number of fused-ring (bicyclic) bond motifs is 1. The summed E-state index contributed by atoms with van der Waals surface area (Å²) in [7, 11) is 0. The van der Waals surface area contributed by atoms with Gasteiger partial charge >= 0.3 is 5.97 Å². The van der Waals surface area contributed by atoms with Crippen molar-refractivity contribution >= 4 is 5.97 Å². The predicted molar refractivity (Wildman–Crippen MR) is 62.3 cm³/mol. The summed E-state index contributed by atoms with van der Waals surface area (Å²) in [6, 6.07) is 0. The molecule has 1 aliphatic carbocycles. The largest absolute Gasteiger partial charge is 0.463 e. The van der Waals surface area contributed by atoms with Crippen molar-refractivity contribution in [2.24, 2.45) is 5.92 Å². The molecular weight excluding hydrogens is 220 g/mol. The highest BCUT2D eigenvalue weighted by molar-refractivity contribution is 5.88. The molecule has 2 aliphatic rings. The first kappa shape index (κ1) is 12.6. The molecule has 1 saturated heterocycles. The molecule has 1 heterocycles. The van der Waals surface area contributed by atoms with E-state index in [9.17, 15) is 4.79 Å². The van der Waals surface area contributed by atoms with Crippen LogP contribution in [0.25, 0.3) is 0 Å². The molecule has 0 aromatic rings. The first-order valence-electron chi connectivity index (χ1n) is 6.16. The zero-order chi connectivity index (χ0) is 12.6. The number of rotatable bonds is 2. The maximum Gasteiger partial charge on any atom is 0.333 e. The molecule has 0 aromatic carbocycles. The fourth-order valence-corrected chi connectivity index (χ4v) is 2.49. The van der Waals surface area contributed by atoms with Gasteiger partial charge in [-0.3, -0.25) is 0 Å². The Balaban J connectivity index is 2.15. The van der Waals surface area contributed by atoms with E-state index < -0.39 is 5.79 Å². The van der Waals surface area contributed by atoms with Crippen molar-refractivity contribution in [3.63, 3.8) is 0 Å². The van der Waals surface area contributed by atoms with Gasteiger partial charge in [0, 0.05) is 5.57 Å². The molecule has 4 heteroatoms. The first-order chi connectivity index (χ1) is 7.93. The zero-order valence-electron chi connectivity index (χ0n) is 10.9. The molecule has 4 nitrogen and oxygen atoms in total. The Labute approximate surface area is 102 Å². The molecule has 3 atom stereocenters. The van der Waals surface area contributed by atoms with Crippen molar-refractivity contribution in [3.8, 4) is 0 Å². The molecule has 1 fully saturated rings. The summed E-state index contributed by atoms with van der Waals surface area (Å²) in [6.45, 7) is 8.09. The molecule has 0 saturated carbocycles. The number of esters is 1. The number of carbonyl (C=O) groups is 1. The van der Waals surface area contributed by atoms with Gasteiger partial charge in [0.15, 0.2) is 5.79 Å². The van der Waals surface area contributed by atoms with Crippen molar-refractivity contribution in [2.45, 2.75) is 52.1 Å². The molecular formula is C13H20O4. The van der Waals surface area contributed by atoms with Gasteiger partial charge in [0.2, 0.25) is 0 Å². The Morgan fingerprint density at radius 1 is 1.53 bits per heavy atom. The van der Waals surface area contributed by atoms with Crippen LogP contribution in [0.15, 0.2) is 11.6 Å². The van der Waals surface area contributed by atoms with E-state index in [1.165, 1.54) is 0 Å². The van der Waals surface area contributed by atoms with Crippen molar-refractivity contribution in [3.05, 3.63) is 11.6 Å². The third-order valence-electron chi connectivity index (χ3n) is 3.17. The van der Waals surface area contributed by atoms with Gasteiger partial charge in [0.05, 0.1) is 12.7 Å². The van der Waals surface area contributed by atoms with Crippen LogP contribution in [-0.2, 0) is 19.0 Å². The zero-order valence-corrected chi connectivity index (χ0v) is 10.9. The topological polar surface area (TPSA) is 44.8 Å². The second kappa shape index (κ2) is 4.42. The minimum atomic E-state index is -0.565. The smallest absolute Gasteiger partial charge is 0.333 e. The molecule has 0 radical (unpaired) electrons. The monoisotopic (exact) mass is 240 g/mol. The molecule has 0 aromatic heterocycles. The van der Waals surface area contributed by atoms with Crippen LogP contribution in [0.2, 0.25) is 0 Å². The Morgan fingerprint density at radius 2 is 2.24 bits per heavy atom. The summed E-state index contributed by atoms with van der Waals surface area (Å²) in [4.78, 5) is 11.7. The van der Waals surface area contributed by atoms with E-state index in [2.05, 4.69) is 6.92 Å². The summed E-state index contributed by atoms with van der Waals surface area (Å²) >= 11 is 0. The Bertz CT molecular complexity index is 345. The van der Waals surface area contributed by atoms with Crippen LogP contribution in [0.4, 0.5) is 0 Å². The molecule has 17 heavy (non-hydrogen) atoms. The summed E-state index contributed by atoms with van der Waals surface area (Å²) in [5, 5.41) is 0. The van der Waals surface area contributed by atoms with Gasteiger partial charge in [-0.05, 0) is 39.2 Å². The third kappa shape index (κ3) is 2.53. The van der Waals surface area contributed by atoms with Gasteiger partial charge in [-0.1, -0.05) is 6.92 Å². The molecule has 2 rings (SSSR count). The van der Waals surface area contributed by atoms with Crippen LogP contribution in [0, 0.1) is 5.92 Å². The lowest BCUT2D eigenvalue weighted by Gasteiger charge is -2.27. The summed E-state index contributed by atoms with van der Waals surface area (Å²) in [5.74, 6) is -0.526. The normalized spacial score (nSPS) is 35.1. The third-order valence-corrected chi connectivity index (χ3v) is 3.17. The van der Waals surface area contributed by atoms with Gasteiger partial charge in [-0.25, -0.2) is 4.79 Å². The lowest BCUT2D eigenvalue weighted by atomic mass is 9.86. The van der Waals surface area contributed by atoms with Crippen molar-refractivity contribution in [1.82, 2.24) is 0 Å². The predicted octanol–water partition coefficient (Wildman–Crippen LogP) is 2.04. The van der Waals surface area contributed by atoms with Gasteiger partial charge in [0.1, 0.15) is 6.10 Å².